The van der Waals surface area contributed by atoms with Crippen molar-refractivity contribution in [2.75, 3.05) is 0 Å². The maximum atomic E-state index is 10.9. The predicted molar refractivity (Wildman–Crippen MR) is 65.1 cm³/mol. The summed E-state index contributed by atoms with van der Waals surface area (Å²) in [7, 11) is 0. The smallest absolute Gasteiger partial charge is 0.150 e. The summed E-state index contributed by atoms with van der Waals surface area (Å²) in [6, 6.07) is 6.79. The van der Waals surface area contributed by atoms with Crippen molar-refractivity contribution in [2.45, 2.75) is 0 Å². The molecule has 1 heterocycles. The predicted octanol–water partition coefficient (Wildman–Crippen LogP) is 3.87. The van der Waals surface area contributed by atoms with Gasteiger partial charge in [0.05, 0.1) is 0 Å². The fraction of sp³-hybridized carbons (Fsp3) is 0. The second-order valence-corrected chi connectivity index (χ2v) is 4.11. The molecule has 0 amide bonds. The van der Waals surface area contributed by atoms with Crippen molar-refractivity contribution >= 4 is 29.5 Å². The lowest BCUT2D eigenvalue weighted by Gasteiger charge is -2.05. The average Bonchev–Trinajstić information content (AvgIpc) is 2.27. The molecule has 0 aliphatic heterocycles. The molecule has 0 bridgehead atoms. The van der Waals surface area contributed by atoms with E-state index in [-0.39, 0.29) is 0 Å². The van der Waals surface area contributed by atoms with Crippen LogP contribution in [0.1, 0.15) is 10.4 Å². The van der Waals surface area contributed by atoms with Gasteiger partial charge >= 0.3 is 0 Å². The molecule has 0 radical (unpaired) electrons. The number of pyridine rings is 1. The van der Waals surface area contributed by atoms with Crippen LogP contribution in [0.3, 0.4) is 0 Å². The molecule has 2 rings (SSSR count). The molecule has 0 saturated heterocycles. The van der Waals surface area contributed by atoms with E-state index in [1.54, 1.807) is 36.7 Å². The summed E-state index contributed by atoms with van der Waals surface area (Å²) in [6.45, 7) is 0. The summed E-state index contributed by atoms with van der Waals surface area (Å²) in [6.07, 6.45) is 3.97. The molecule has 0 aliphatic rings. The van der Waals surface area contributed by atoms with Crippen molar-refractivity contribution in [3.05, 3.63) is 52.3 Å². The van der Waals surface area contributed by atoms with Crippen molar-refractivity contribution in [1.29, 1.82) is 0 Å². The van der Waals surface area contributed by atoms with Crippen LogP contribution >= 0.6 is 23.2 Å². The Labute approximate surface area is 103 Å². The van der Waals surface area contributed by atoms with Gasteiger partial charge in [-0.25, -0.2) is 0 Å². The molecule has 80 valence electrons. The van der Waals surface area contributed by atoms with Crippen molar-refractivity contribution in [2.24, 2.45) is 0 Å². The van der Waals surface area contributed by atoms with E-state index in [1.165, 1.54) is 0 Å². The second kappa shape index (κ2) is 4.64. The first-order valence-corrected chi connectivity index (χ1v) is 5.32. The van der Waals surface area contributed by atoms with Gasteiger partial charge in [-0.1, -0.05) is 23.2 Å². The molecule has 0 saturated carbocycles. The van der Waals surface area contributed by atoms with Crippen LogP contribution in [0.5, 0.6) is 0 Å². The van der Waals surface area contributed by atoms with E-state index in [9.17, 15) is 4.79 Å². The van der Waals surface area contributed by atoms with Gasteiger partial charge in [-0.3, -0.25) is 9.78 Å². The molecule has 2 nitrogen and oxygen atoms in total. The van der Waals surface area contributed by atoms with Gasteiger partial charge < -0.3 is 0 Å². The van der Waals surface area contributed by atoms with Gasteiger partial charge in [-0.15, -0.1) is 0 Å². The van der Waals surface area contributed by atoms with Crippen LogP contribution < -0.4 is 0 Å². The van der Waals surface area contributed by atoms with Crippen LogP contribution in [-0.4, -0.2) is 11.3 Å². The van der Waals surface area contributed by atoms with E-state index >= 15 is 0 Å². The fourth-order valence-corrected chi connectivity index (χ4v) is 1.98. The molecular formula is C12H7Cl2NO. The van der Waals surface area contributed by atoms with Gasteiger partial charge in [0.1, 0.15) is 0 Å². The third-order valence-corrected chi connectivity index (χ3v) is 2.59. The Morgan fingerprint density at radius 2 is 1.81 bits per heavy atom. The van der Waals surface area contributed by atoms with Gasteiger partial charge in [0.15, 0.2) is 6.29 Å². The van der Waals surface area contributed by atoms with E-state index < -0.39 is 0 Å². The number of nitrogens with zero attached hydrogens (tertiary/aromatic N) is 1. The maximum absolute atomic E-state index is 10.9. The highest BCUT2D eigenvalue weighted by molar-refractivity contribution is 6.35. The number of hydrogen-bond donors (Lipinski definition) is 0. The van der Waals surface area contributed by atoms with Crippen LogP contribution in [-0.2, 0) is 0 Å². The molecule has 0 atom stereocenters. The molecule has 1 aromatic carbocycles. The van der Waals surface area contributed by atoms with Gasteiger partial charge in [0.25, 0.3) is 0 Å². The maximum Gasteiger partial charge on any atom is 0.150 e. The Morgan fingerprint density at radius 1 is 1.12 bits per heavy atom. The number of aldehydes is 1. The first kappa shape index (κ1) is 11.1. The monoisotopic (exact) mass is 251 g/mol. The van der Waals surface area contributed by atoms with E-state index in [0.29, 0.717) is 15.6 Å². The Kier molecular flexibility index (Phi) is 3.22. The summed E-state index contributed by atoms with van der Waals surface area (Å²) in [5, 5.41) is 1.06. The van der Waals surface area contributed by atoms with E-state index in [0.717, 1.165) is 17.4 Å². The molecule has 0 fully saturated rings. The zero-order chi connectivity index (χ0) is 11.5. The van der Waals surface area contributed by atoms with Crippen molar-refractivity contribution < 1.29 is 4.79 Å². The number of hydrogen-bond acceptors (Lipinski definition) is 2. The molecule has 0 N–H and O–H groups in total. The normalized spacial score (nSPS) is 10.1. The largest absolute Gasteiger partial charge is 0.298 e. The molecule has 1 aromatic heterocycles. The fourth-order valence-electron chi connectivity index (χ4n) is 1.46. The Bertz CT molecular complexity index is 520. The zero-order valence-electron chi connectivity index (χ0n) is 8.15. The summed E-state index contributed by atoms with van der Waals surface area (Å²) in [4.78, 5) is 14.9. The van der Waals surface area contributed by atoms with Gasteiger partial charge in [0.2, 0.25) is 0 Å². The third kappa shape index (κ3) is 2.23. The number of benzene rings is 1. The van der Waals surface area contributed by atoms with Gasteiger partial charge in [-0.2, -0.15) is 0 Å². The number of aromatic nitrogens is 1. The molecule has 4 heteroatoms. The van der Waals surface area contributed by atoms with Gasteiger partial charge in [-0.05, 0) is 29.8 Å². The van der Waals surface area contributed by atoms with Gasteiger partial charge in [0, 0.05) is 33.6 Å². The highest BCUT2D eigenvalue weighted by Gasteiger charge is 2.06. The van der Waals surface area contributed by atoms with Crippen LogP contribution in [0, 0.1) is 0 Å². The summed E-state index contributed by atoms with van der Waals surface area (Å²) in [5.74, 6) is 0. The molecular weight excluding hydrogens is 245 g/mol. The quantitative estimate of drug-likeness (QED) is 0.759. The number of rotatable bonds is 2. The first-order chi connectivity index (χ1) is 7.70. The van der Waals surface area contributed by atoms with Crippen molar-refractivity contribution in [3.8, 4) is 11.1 Å². The van der Waals surface area contributed by atoms with Crippen molar-refractivity contribution in [1.82, 2.24) is 4.98 Å². The second-order valence-electron chi connectivity index (χ2n) is 3.24. The first-order valence-electron chi connectivity index (χ1n) is 4.56. The molecule has 0 spiro atoms. The Balaban J connectivity index is 2.62. The minimum absolute atomic E-state index is 0.531. The van der Waals surface area contributed by atoms with Crippen LogP contribution in [0.4, 0.5) is 0 Å². The summed E-state index contributed by atoms with van der Waals surface area (Å²) >= 11 is 11.8. The number of carbonyl (C=O) groups excluding carboxylic acids is 1. The molecule has 16 heavy (non-hydrogen) atoms. The Morgan fingerprint density at radius 3 is 2.44 bits per heavy atom. The highest BCUT2D eigenvalue weighted by Crippen LogP contribution is 2.28. The molecule has 2 aromatic rings. The van der Waals surface area contributed by atoms with E-state index in [2.05, 4.69) is 4.98 Å². The number of halogens is 2. The van der Waals surface area contributed by atoms with E-state index in [4.69, 9.17) is 23.2 Å². The lowest BCUT2D eigenvalue weighted by atomic mass is 10.0. The van der Waals surface area contributed by atoms with Crippen molar-refractivity contribution in [3.63, 3.8) is 0 Å². The topological polar surface area (TPSA) is 30.0 Å². The molecule has 0 aliphatic carbocycles. The zero-order valence-corrected chi connectivity index (χ0v) is 9.66. The van der Waals surface area contributed by atoms with Crippen LogP contribution in [0.25, 0.3) is 11.1 Å². The average molecular weight is 252 g/mol. The summed E-state index contributed by atoms with van der Waals surface area (Å²) < 4.78 is 0. The SMILES string of the molecule is O=Cc1ccncc1-c1cc(Cl)cc(Cl)c1. The highest BCUT2D eigenvalue weighted by atomic mass is 35.5. The lowest BCUT2D eigenvalue weighted by molar-refractivity contribution is 0.112. The van der Waals surface area contributed by atoms with E-state index in [1.807, 2.05) is 0 Å². The minimum atomic E-state index is 0.531. The third-order valence-electron chi connectivity index (χ3n) is 2.16. The lowest BCUT2D eigenvalue weighted by Crippen LogP contribution is -1.88. The standard InChI is InChI=1S/C12H7Cl2NO/c13-10-3-9(4-11(14)5-10)12-6-15-2-1-8(12)7-16/h1-7H. The number of carbonyl (C=O) groups is 1. The Hall–Kier alpha value is -1.38. The van der Waals surface area contributed by atoms with Crippen LogP contribution in [0.15, 0.2) is 36.7 Å². The summed E-state index contributed by atoms with van der Waals surface area (Å²) in [5.41, 5.74) is 2.07. The van der Waals surface area contributed by atoms with Crippen LogP contribution in [0.2, 0.25) is 10.0 Å². The minimum Gasteiger partial charge on any atom is -0.298 e. The molecule has 0 unspecified atom stereocenters.